The van der Waals surface area contributed by atoms with Crippen molar-refractivity contribution < 1.29 is 4.39 Å². The van der Waals surface area contributed by atoms with E-state index in [0.717, 1.165) is 22.4 Å². The molecule has 0 saturated heterocycles. The molecule has 0 amide bonds. The SMILES string of the molecule is Cc1cccc(C)c1-c1ccc(F)c(NSc2cccc(N)n2)n1. The van der Waals surface area contributed by atoms with Crippen molar-refractivity contribution in [2.75, 3.05) is 10.5 Å². The molecule has 1 aromatic carbocycles. The molecule has 0 bridgehead atoms. The number of nitrogens with zero attached hydrogens (tertiary/aromatic N) is 2. The van der Waals surface area contributed by atoms with Crippen LogP contribution in [0.4, 0.5) is 16.0 Å². The first-order valence-electron chi connectivity index (χ1n) is 7.43. The number of halogens is 1. The lowest BCUT2D eigenvalue weighted by atomic mass is 10.00. The summed E-state index contributed by atoms with van der Waals surface area (Å²) in [7, 11) is 0. The van der Waals surface area contributed by atoms with Gasteiger partial charge in [-0.05, 0) is 49.2 Å². The number of nitrogens with one attached hydrogen (secondary N) is 1. The highest BCUT2D eigenvalue weighted by atomic mass is 32.2. The second kappa shape index (κ2) is 6.88. The van der Waals surface area contributed by atoms with Crippen molar-refractivity contribution in [1.82, 2.24) is 9.97 Å². The van der Waals surface area contributed by atoms with E-state index in [2.05, 4.69) is 14.7 Å². The second-order valence-electron chi connectivity index (χ2n) is 5.40. The lowest BCUT2D eigenvalue weighted by Crippen LogP contribution is -1.99. The number of anilines is 2. The maximum absolute atomic E-state index is 14.1. The lowest BCUT2D eigenvalue weighted by Gasteiger charge is -2.12. The van der Waals surface area contributed by atoms with Gasteiger partial charge in [0.2, 0.25) is 0 Å². The Labute approximate surface area is 144 Å². The summed E-state index contributed by atoms with van der Waals surface area (Å²) >= 11 is 1.17. The van der Waals surface area contributed by atoms with Crippen LogP contribution in [0, 0.1) is 19.7 Å². The minimum atomic E-state index is -0.415. The minimum Gasteiger partial charge on any atom is -0.384 e. The first-order valence-corrected chi connectivity index (χ1v) is 8.25. The Bertz CT molecular complexity index is 862. The fraction of sp³-hybridized carbons (Fsp3) is 0.111. The highest BCUT2D eigenvalue weighted by molar-refractivity contribution is 8.00. The van der Waals surface area contributed by atoms with Crippen molar-refractivity contribution in [3.05, 3.63) is 65.5 Å². The largest absolute Gasteiger partial charge is 0.384 e. The molecule has 122 valence electrons. The summed E-state index contributed by atoms with van der Waals surface area (Å²) in [4.78, 5) is 8.59. The highest BCUT2D eigenvalue weighted by Gasteiger charge is 2.11. The minimum absolute atomic E-state index is 0.171. The van der Waals surface area contributed by atoms with Gasteiger partial charge in [0, 0.05) is 17.5 Å². The molecule has 3 aromatic rings. The predicted octanol–water partition coefficient (Wildman–Crippen LogP) is 4.60. The average Bonchev–Trinajstić information content (AvgIpc) is 2.55. The Kier molecular flexibility index (Phi) is 4.66. The van der Waals surface area contributed by atoms with Gasteiger partial charge >= 0.3 is 0 Å². The average molecular weight is 340 g/mol. The molecule has 0 aliphatic heterocycles. The van der Waals surface area contributed by atoms with Gasteiger partial charge in [0.05, 0.1) is 5.69 Å². The first kappa shape index (κ1) is 16.3. The zero-order valence-electron chi connectivity index (χ0n) is 13.4. The molecule has 2 heterocycles. The quantitative estimate of drug-likeness (QED) is 0.680. The van der Waals surface area contributed by atoms with Crippen molar-refractivity contribution in [3.63, 3.8) is 0 Å². The summed E-state index contributed by atoms with van der Waals surface area (Å²) in [5, 5.41) is 0.647. The van der Waals surface area contributed by atoms with Crippen LogP contribution in [0.2, 0.25) is 0 Å². The molecule has 0 saturated carbocycles. The highest BCUT2D eigenvalue weighted by Crippen LogP contribution is 2.29. The Morgan fingerprint density at radius 3 is 2.38 bits per heavy atom. The smallest absolute Gasteiger partial charge is 0.173 e. The van der Waals surface area contributed by atoms with E-state index in [-0.39, 0.29) is 5.82 Å². The Morgan fingerprint density at radius 1 is 0.958 bits per heavy atom. The van der Waals surface area contributed by atoms with Gasteiger partial charge in [-0.15, -0.1) is 0 Å². The van der Waals surface area contributed by atoms with Crippen LogP contribution in [0.3, 0.4) is 0 Å². The number of nitrogen functional groups attached to an aromatic ring is 1. The van der Waals surface area contributed by atoms with Gasteiger partial charge in [0.25, 0.3) is 0 Å². The van der Waals surface area contributed by atoms with Gasteiger partial charge in [-0.25, -0.2) is 14.4 Å². The van der Waals surface area contributed by atoms with Gasteiger partial charge in [-0.2, -0.15) is 0 Å². The second-order valence-corrected chi connectivity index (χ2v) is 6.23. The van der Waals surface area contributed by atoms with E-state index in [1.54, 1.807) is 24.3 Å². The molecule has 2 aromatic heterocycles. The third kappa shape index (κ3) is 3.49. The van der Waals surface area contributed by atoms with E-state index in [0.29, 0.717) is 10.8 Å². The van der Waals surface area contributed by atoms with Crippen molar-refractivity contribution in [1.29, 1.82) is 0 Å². The van der Waals surface area contributed by atoms with Crippen LogP contribution in [-0.4, -0.2) is 9.97 Å². The van der Waals surface area contributed by atoms with E-state index < -0.39 is 5.82 Å². The molecular weight excluding hydrogens is 323 g/mol. The van der Waals surface area contributed by atoms with Crippen LogP contribution in [0.1, 0.15) is 11.1 Å². The van der Waals surface area contributed by atoms with E-state index >= 15 is 0 Å². The molecule has 3 N–H and O–H groups in total. The van der Waals surface area contributed by atoms with Gasteiger partial charge in [-0.1, -0.05) is 24.3 Å². The topological polar surface area (TPSA) is 63.8 Å². The first-order chi connectivity index (χ1) is 11.5. The standard InChI is InChI=1S/C18H17FN4S/c1-11-5-3-6-12(2)17(11)14-10-9-13(19)18(21-14)23-24-16-8-4-7-15(20)22-16/h3-10H,1-2H3,(H2,20,22)(H,21,23). The summed E-state index contributed by atoms with van der Waals surface area (Å²) in [5.41, 5.74) is 9.61. The molecule has 0 aliphatic carbocycles. The Balaban J connectivity index is 1.89. The summed E-state index contributed by atoms with van der Waals surface area (Å²) < 4.78 is 17.0. The maximum atomic E-state index is 14.1. The van der Waals surface area contributed by atoms with Gasteiger partial charge in [0.1, 0.15) is 10.8 Å². The molecule has 0 atom stereocenters. The van der Waals surface area contributed by atoms with E-state index in [1.165, 1.54) is 18.0 Å². The van der Waals surface area contributed by atoms with Crippen LogP contribution in [-0.2, 0) is 0 Å². The fourth-order valence-electron chi connectivity index (χ4n) is 2.46. The molecule has 0 spiro atoms. The summed E-state index contributed by atoms with van der Waals surface area (Å²) in [6.45, 7) is 4.04. The predicted molar refractivity (Wildman–Crippen MR) is 97.2 cm³/mol. The number of pyridine rings is 2. The molecule has 0 fully saturated rings. The number of nitrogens with two attached hydrogens (primary N) is 1. The van der Waals surface area contributed by atoms with Crippen molar-refractivity contribution in [2.24, 2.45) is 0 Å². The summed E-state index contributed by atoms with van der Waals surface area (Å²) in [6, 6.07) is 14.4. The molecule has 24 heavy (non-hydrogen) atoms. The maximum Gasteiger partial charge on any atom is 0.173 e. The summed E-state index contributed by atoms with van der Waals surface area (Å²) in [6.07, 6.45) is 0. The van der Waals surface area contributed by atoms with Gasteiger partial charge in [-0.3, -0.25) is 0 Å². The zero-order valence-corrected chi connectivity index (χ0v) is 14.2. The third-order valence-electron chi connectivity index (χ3n) is 3.58. The number of rotatable bonds is 4. The van der Waals surface area contributed by atoms with Crippen molar-refractivity contribution in [3.8, 4) is 11.3 Å². The van der Waals surface area contributed by atoms with Gasteiger partial charge < -0.3 is 10.5 Å². The third-order valence-corrected chi connectivity index (χ3v) is 4.31. The zero-order chi connectivity index (χ0) is 17.1. The van der Waals surface area contributed by atoms with Crippen LogP contribution in [0.25, 0.3) is 11.3 Å². The normalized spacial score (nSPS) is 10.6. The van der Waals surface area contributed by atoms with Crippen molar-refractivity contribution in [2.45, 2.75) is 18.9 Å². The number of hydrogen-bond acceptors (Lipinski definition) is 5. The fourth-order valence-corrected chi connectivity index (χ4v) is 3.10. The number of hydrogen-bond donors (Lipinski definition) is 2. The Hall–Kier alpha value is -2.60. The monoisotopic (exact) mass is 340 g/mol. The van der Waals surface area contributed by atoms with Crippen LogP contribution in [0.15, 0.2) is 53.6 Å². The molecule has 6 heteroatoms. The molecular formula is C18H17FN4S. The van der Waals surface area contributed by atoms with Crippen LogP contribution >= 0.6 is 11.9 Å². The van der Waals surface area contributed by atoms with E-state index in [9.17, 15) is 4.39 Å². The number of benzene rings is 1. The molecule has 3 rings (SSSR count). The van der Waals surface area contributed by atoms with E-state index in [1.807, 2.05) is 32.0 Å². The Morgan fingerprint density at radius 2 is 1.67 bits per heavy atom. The van der Waals surface area contributed by atoms with Gasteiger partial charge in [0.15, 0.2) is 11.6 Å². The molecule has 0 unspecified atom stereocenters. The number of aryl methyl sites for hydroxylation is 2. The molecule has 4 nitrogen and oxygen atoms in total. The molecule has 0 aliphatic rings. The van der Waals surface area contributed by atoms with Crippen molar-refractivity contribution >= 4 is 23.6 Å². The lowest BCUT2D eigenvalue weighted by molar-refractivity contribution is 0.627. The molecule has 0 radical (unpaired) electrons. The van der Waals surface area contributed by atoms with Crippen LogP contribution < -0.4 is 10.5 Å². The van der Waals surface area contributed by atoms with E-state index in [4.69, 9.17) is 5.73 Å². The summed E-state index contributed by atoms with van der Waals surface area (Å²) in [5.74, 6) is 0.172. The van der Waals surface area contributed by atoms with Crippen LogP contribution in [0.5, 0.6) is 0 Å². The number of aromatic nitrogens is 2.